The molecule has 3 rings (SSSR count). The zero-order valence-electron chi connectivity index (χ0n) is 12.9. The predicted molar refractivity (Wildman–Crippen MR) is 87.1 cm³/mol. The number of benzene rings is 2. The van der Waals surface area contributed by atoms with Crippen molar-refractivity contribution in [3.05, 3.63) is 65.2 Å². The topological polar surface area (TPSA) is 53.3 Å². The van der Waals surface area contributed by atoms with E-state index in [0.29, 0.717) is 12.2 Å². The van der Waals surface area contributed by atoms with Crippen molar-refractivity contribution in [2.45, 2.75) is 19.4 Å². The smallest absolute Gasteiger partial charge is 0.253 e. The molecular formula is C19H18N2O2. The van der Waals surface area contributed by atoms with Gasteiger partial charge in [0.25, 0.3) is 5.91 Å². The maximum Gasteiger partial charge on any atom is 0.253 e. The minimum atomic E-state index is 0.113. The van der Waals surface area contributed by atoms with Crippen LogP contribution in [0.15, 0.2) is 48.5 Å². The van der Waals surface area contributed by atoms with Crippen molar-refractivity contribution >= 4 is 5.91 Å². The Balaban J connectivity index is 1.58. The van der Waals surface area contributed by atoms with Crippen molar-refractivity contribution in [1.29, 1.82) is 5.26 Å². The number of carbonyl (C=O) groups excluding carboxylic acids is 1. The summed E-state index contributed by atoms with van der Waals surface area (Å²) < 4.78 is 5.69. The standard InChI is InChI=1S/C19H18N2O2/c20-13-15-5-9-18(10-6-15)23-14-16-3-7-17(8-4-16)19(22)21-11-1-2-12-21/h3-10H,1-2,11-12,14H2. The SMILES string of the molecule is N#Cc1ccc(OCc2ccc(C(=O)N3CCCC3)cc2)cc1. The number of rotatable bonds is 4. The van der Waals surface area contributed by atoms with Crippen molar-refractivity contribution in [3.8, 4) is 11.8 Å². The molecule has 0 N–H and O–H groups in total. The van der Waals surface area contributed by atoms with Gasteiger partial charge < -0.3 is 9.64 Å². The van der Waals surface area contributed by atoms with Crippen LogP contribution in [0.5, 0.6) is 5.75 Å². The highest BCUT2D eigenvalue weighted by Gasteiger charge is 2.19. The molecule has 1 fully saturated rings. The van der Waals surface area contributed by atoms with Crippen molar-refractivity contribution in [3.63, 3.8) is 0 Å². The first-order chi connectivity index (χ1) is 11.3. The number of nitriles is 1. The maximum absolute atomic E-state index is 12.3. The molecule has 0 bridgehead atoms. The zero-order chi connectivity index (χ0) is 16.1. The molecule has 2 aromatic carbocycles. The lowest BCUT2D eigenvalue weighted by molar-refractivity contribution is 0.0793. The summed E-state index contributed by atoms with van der Waals surface area (Å²) in [6, 6.07) is 16.7. The minimum Gasteiger partial charge on any atom is -0.489 e. The maximum atomic E-state index is 12.3. The molecule has 2 aromatic rings. The molecule has 0 saturated carbocycles. The van der Waals surface area contributed by atoms with Crippen LogP contribution in [0.4, 0.5) is 0 Å². The Kier molecular flexibility index (Phi) is 4.58. The third-order valence-electron chi connectivity index (χ3n) is 3.98. The fourth-order valence-electron chi connectivity index (χ4n) is 2.64. The van der Waals surface area contributed by atoms with Gasteiger partial charge in [-0.15, -0.1) is 0 Å². The lowest BCUT2D eigenvalue weighted by Gasteiger charge is -2.15. The van der Waals surface area contributed by atoms with Crippen LogP contribution in [-0.2, 0) is 6.61 Å². The molecule has 4 heteroatoms. The van der Waals surface area contributed by atoms with E-state index in [2.05, 4.69) is 6.07 Å². The van der Waals surface area contributed by atoms with E-state index in [-0.39, 0.29) is 5.91 Å². The van der Waals surface area contributed by atoms with Crippen LogP contribution in [0.25, 0.3) is 0 Å². The Labute approximate surface area is 135 Å². The summed E-state index contributed by atoms with van der Waals surface area (Å²) in [7, 11) is 0. The summed E-state index contributed by atoms with van der Waals surface area (Å²) in [5.74, 6) is 0.836. The van der Waals surface area contributed by atoms with E-state index < -0.39 is 0 Å². The molecule has 1 heterocycles. The molecule has 0 unspecified atom stereocenters. The van der Waals surface area contributed by atoms with Crippen LogP contribution < -0.4 is 4.74 Å². The molecule has 1 aliphatic heterocycles. The second-order valence-electron chi connectivity index (χ2n) is 5.62. The monoisotopic (exact) mass is 306 g/mol. The fraction of sp³-hybridized carbons (Fsp3) is 0.263. The lowest BCUT2D eigenvalue weighted by Crippen LogP contribution is -2.27. The normalized spacial score (nSPS) is 13.6. The number of hydrogen-bond acceptors (Lipinski definition) is 3. The molecule has 0 radical (unpaired) electrons. The largest absolute Gasteiger partial charge is 0.489 e. The van der Waals surface area contributed by atoms with Gasteiger partial charge >= 0.3 is 0 Å². The number of likely N-dealkylation sites (tertiary alicyclic amines) is 1. The van der Waals surface area contributed by atoms with Crippen LogP contribution in [0, 0.1) is 11.3 Å². The number of hydrogen-bond donors (Lipinski definition) is 0. The van der Waals surface area contributed by atoms with Crippen LogP contribution in [-0.4, -0.2) is 23.9 Å². The molecule has 0 spiro atoms. The summed E-state index contributed by atoms with van der Waals surface area (Å²) in [6.07, 6.45) is 2.20. The average molecular weight is 306 g/mol. The van der Waals surface area contributed by atoms with Gasteiger partial charge in [0.05, 0.1) is 11.6 Å². The second-order valence-corrected chi connectivity index (χ2v) is 5.62. The second kappa shape index (κ2) is 6.97. The molecular weight excluding hydrogens is 288 g/mol. The molecule has 116 valence electrons. The molecule has 1 amide bonds. The van der Waals surface area contributed by atoms with Crippen molar-refractivity contribution in [2.75, 3.05) is 13.1 Å². The first kappa shape index (κ1) is 15.1. The third kappa shape index (κ3) is 3.70. The van der Waals surface area contributed by atoms with E-state index in [9.17, 15) is 4.79 Å². The van der Waals surface area contributed by atoms with Gasteiger partial charge in [-0.3, -0.25) is 4.79 Å². The van der Waals surface area contributed by atoms with E-state index in [0.717, 1.165) is 42.8 Å². The van der Waals surface area contributed by atoms with Crippen molar-refractivity contribution < 1.29 is 9.53 Å². The van der Waals surface area contributed by atoms with E-state index >= 15 is 0 Å². The summed E-state index contributed by atoms with van der Waals surface area (Å²) in [5.41, 5.74) is 2.35. The number of nitrogens with zero attached hydrogens (tertiary/aromatic N) is 2. The van der Waals surface area contributed by atoms with Gasteiger partial charge in [-0.05, 0) is 54.8 Å². The van der Waals surface area contributed by atoms with Gasteiger partial charge in [-0.25, -0.2) is 0 Å². The van der Waals surface area contributed by atoms with Gasteiger partial charge in [0.15, 0.2) is 0 Å². The quantitative estimate of drug-likeness (QED) is 0.870. The molecule has 4 nitrogen and oxygen atoms in total. The highest BCUT2D eigenvalue weighted by Crippen LogP contribution is 2.16. The van der Waals surface area contributed by atoms with E-state index in [1.807, 2.05) is 29.2 Å². The first-order valence-electron chi connectivity index (χ1n) is 7.77. The van der Waals surface area contributed by atoms with Gasteiger partial charge in [0, 0.05) is 18.7 Å². The Morgan fingerprint density at radius 1 is 1.04 bits per heavy atom. The van der Waals surface area contributed by atoms with Crippen molar-refractivity contribution in [1.82, 2.24) is 4.90 Å². The molecule has 23 heavy (non-hydrogen) atoms. The van der Waals surface area contributed by atoms with E-state index in [4.69, 9.17) is 10.00 Å². The van der Waals surface area contributed by atoms with Gasteiger partial charge in [0.1, 0.15) is 12.4 Å². The van der Waals surface area contributed by atoms with E-state index in [1.165, 1.54) is 0 Å². The lowest BCUT2D eigenvalue weighted by atomic mass is 10.1. The number of ether oxygens (including phenoxy) is 1. The van der Waals surface area contributed by atoms with Gasteiger partial charge in [-0.1, -0.05) is 12.1 Å². The molecule has 1 saturated heterocycles. The Bertz CT molecular complexity index is 709. The summed E-state index contributed by atoms with van der Waals surface area (Å²) >= 11 is 0. The summed E-state index contributed by atoms with van der Waals surface area (Å²) in [6.45, 7) is 2.16. The number of amides is 1. The molecule has 0 aromatic heterocycles. The highest BCUT2D eigenvalue weighted by atomic mass is 16.5. The van der Waals surface area contributed by atoms with Crippen LogP contribution in [0.1, 0.15) is 34.3 Å². The van der Waals surface area contributed by atoms with Crippen LogP contribution in [0.2, 0.25) is 0 Å². The third-order valence-corrected chi connectivity index (χ3v) is 3.98. The van der Waals surface area contributed by atoms with Gasteiger partial charge in [-0.2, -0.15) is 5.26 Å². The Morgan fingerprint density at radius 3 is 2.30 bits per heavy atom. The van der Waals surface area contributed by atoms with Crippen LogP contribution >= 0.6 is 0 Å². The van der Waals surface area contributed by atoms with Crippen LogP contribution in [0.3, 0.4) is 0 Å². The first-order valence-corrected chi connectivity index (χ1v) is 7.77. The molecule has 1 aliphatic rings. The predicted octanol–water partition coefficient (Wildman–Crippen LogP) is 3.37. The summed E-state index contributed by atoms with van der Waals surface area (Å²) in [4.78, 5) is 14.2. The Morgan fingerprint density at radius 2 is 1.70 bits per heavy atom. The zero-order valence-corrected chi connectivity index (χ0v) is 12.9. The van der Waals surface area contributed by atoms with E-state index in [1.54, 1.807) is 24.3 Å². The van der Waals surface area contributed by atoms with Gasteiger partial charge in [0.2, 0.25) is 0 Å². The number of carbonyl (C=O) groups is 1. The average Bonchev–Trinajstić information content (AvgIpc) is 3.15. The molecule has 0 aliphatic carbocycles. The fourth-order valence-corrected chi connectivity index (χ4v) is 2.64. The highest BCUT2D eigenvalue weighted by molar-refractivity contribution is 5.94. The van der Waals surface area contributed by atoms with Crippen molar-refractivity contribution in [2.24, 2.45) is 0 Å². The summed E-state index contributed by atoms with van der Waals surface area (Å²) in [5, 5.41) is 8.76. The Hall–Kier alpha value is -2.80. The molecule has 0 atom stereocenters. The minimum absolute atomic E-state index is 0.113.